The highest BCUT2D eigenvalue weighted by Crippen LogP contribution is 2.30. The highest BCUT2D eigenvalue weighted by atomic mass is 32.2. The number of fused-ring (bicyclic) bond motifs is 1. The Labute approximate surface area is 232 Å². The number of benzene rings is 3. The van der Waals surface area contributed by atoms with Crippen molar-refractivity contribution in [1.29, 1.82) is 0 Å². The van der Waals surface area contributed by atoms with Crippen LogP contribution in [0.15, 0.2) is 76.2 Å². The molecule has 2 amide bonds. The molecular formula is C27H24N6O2S3. The number of amides is 2. The molecule has 0 aliphatic carbocycles. The first kappa shape index (κ1) is 26.0. The second-order valence-corrected chi connectivity index (χ2v) is 11.5. The van der Waals surface area contributed by atoms with Gasteiger partial charge in [-0.2, -0.15) is 0 Å². The Morgan fingerprint density at radius 3 is 2.42 bits per heavy atom. The number of carbonyl (C=O) groups excluding carboxylic acids is 2. The maximum Gasteiger partial charge on any atom is 0.255 e. The van der Waals surface area contributed by atoms with E-state index in [0.29, 0.717) is 22.2 Å². The van der Waals surface area contributed by atoms with Crippen LogP contribution in [0.3, 0.4) is 0 Å². The Morgan fingerprint density at radius 1 is 0.947 bits per heavy atom. The van der Waals surface area contributed by atoms with E-state index in [4.69, 9.17) is 0 Å². The quantitative estimate of drug-likeness (QED) is 0.221. The normalized spacial score (nSPS) is 11.0. The second kappa shape index (κ2) is 11.4. The Bertz CT molecular complexity index is 1610. The lowest BCUT2D eigenvalue weighted by molar-refractivity contribution is -0.113. The van der Waals surface area contributed by atoms with Crippen molar-refractivity contribution in [3.05, 3.63) is 77.9 Å². The van der Waals surface area contributed by atoms with Gasteiger partial charge in [0.2, 0.25) is 5.91 Å². The molecule has 38 heavy (non-hydrogen) atoms. The van der Waals surface area contributed by atoms with Gasteiger partial charge in [-0.1, -0.05) is 41.2 Å². The molecule has 2 heterocycles. The van der Waals surface area contributed by atoms with E-state index < -0.39 is 0 Å². The van der Waals surface area contributed by atoms with Crippen LogP contribution >= 0.6 is 34.9 Å². The van der Waals surface area contributed by atoms with Crippen LogP contribution < -0.4 is 10.6 Å². The standard InChI is InChI=1S/C27H24N6O2S3/c1-16-4-6-18(7-5-16)25(35)29-19-10-8-17(9-11-19)24-31-32-26(33(24)2)37-15-23(34)28-20-12-13-21-22(14-20)38-27(30-21)36-3/h4-14H,15H2,1-3H3,(H,28,34)(H,29,35). The summed E-state index contributed by atoms with van der Waals surface area (Å²) in [6.07, 6.45) is 2.00. The zero-order valence-electron chi connectivity index (χ0n) is 20.9. The molecule has 8 nitrogen and oxygen atoms in total. The number of thiazole rings is 1. The summed E-state index contributed by atoms with van der Waals surface area (Å²) in [7, 11) is 1.86. The topological polar surface area (TPSA) is 102 Å². The largest absolute Gasteiger partial charge is 0.325 e. The van der Waals surface area contributed by atoms with E-state index in [0.717, 1.165) is 31.4 Å². The van der Waals surface area contributed by atoms with Gasteiger partial charge in [0.25, 0.3) is 5.91 Å². The summed E-state index contributed by atoms with van der Waals surface area (Å²) < 4.78 is 3.89. The van der Waals surface area contributed by atoms with Gasteiger partial charge in [0.1, 0.15) is 0 Å². The predicted octanol–water partition coefficient (Wildman–Crippen LogP) is 6.11. The van der Waals surface area contributed by atoms with Crippen molar-refractivity contribution in [2.45, 2.75) is 16.4 Å². The molecular weight excluding hydrogens is 537 g/mol. The van der Waals surface area contributed by atoms with E-state index in [-0.39, 0.29) is 17.6 Å². The van der Waals surface area contributed by atoms with Crippen LogP contribution in [0.1, 0.15) is 15.9 Å². The van der Waals surface area contributed by atoms with Crippen LogP contribution in [0.25, 0.3) is 21.6 Å². The first-order valence-corrected chi connectivity index (χ1v) is 14.7. The summed E-state index contributed by atoms with van der Waals surface area (Å²) in [6.45, 7) is 1.98. The Hall–Kier alpha value is -3.67. The molecule has 11 heteroatoms. The van der Waals surface area contributed by atoms with Gasteiger partial charge in [-0.25, -0.2) is 4.98 Å². The summed E-state index contributed by atoms with van der Waals surface area (Å²) in [4.78, 5) is 29.6. The molecule has 0 saturated heterocycles. The summed E-state index contributed by atoms with van der Waals surface area (Å²) in [5.74, 6) is 0.587. The Morgan fingerprint density at radius 2 is 1.68 bits per heavy atom. The molecule has 192 valence electrons. The van der Waals surface area contributed by atoms with Gasteiger partial charge in [-0.05, 0) is 67.8 Å². The van der Waals surface area contributed by atoms with Crippen molar-refractivity contribution in [3.8, 4) is 11.4 Å². The molecule has 2 aromatic heterocycles. The molecule has 2 N–H and O–H groups in total. The molecule has 3 aromatic carbocycles. The van der Waals surface area contributed by atoms with Crippen molar-refractivity contribution in [2.24, 2.45) is 7.05 Å². The summed E-state index contributed by atoms with van der Waals surface area (Å²) in [5, 5.41) is 15.1. The van der Waals surface area contributed by atoms with E-state index >= 15 is 0 Å². The highest BCUT2D eigenvalue weighted by molar-refractivity contribution is 8.00. The SMILES string of the molecule is CSc1nc2ccc(NC(=O)CSc3nnc(-c4ccc(NC(=O)c5ccc(C)cc5)cc4)n3C)cc2s1. The lowest BCUT2D eigenvalue weighted by atomic mass is 10.1. The fourth-order valence-corrected chi connectivity index (χ4v) is 5.94. The lowest BCUT2D eigenvalue weighted by Gasteiger charge is -2.08. The van der Waals surface area contributed by atoms with E-state index in [1.54, 1.807) is 35.2 Å². The zero-order valence-corrected chi connectivity index (χ0v) is 23.3. The van der Waals surface area contributed by atoms with Gasteiger partial charge in [-0.15, -0.1) is 21.5 Å². The first-order chi connectivity index (χ1) is 18.4. The molecule has 0 aliphatic heterocycles. The predicted molar refractivity (Wildman–Crippen MR) is 156 cm³/mol. The van der Waals surface area contributed by atoms with E-state index in [1.165, 1.54) is 11.8 Å². The summed E-state index contributed by atoms with van der Waals surface area (Å²) in [5.41, 5.74) is 4.92. The maximum absolute atomic E-state index is 12.6. The van der Waals surface area contributed by atoms with Crippen LogP contribution in [0, 0.1) is 6.92 Å². The van der Waals surface area contributed by atoms with E-state index in [1.807, 2.05) is 79.4 Å². The third kappa shape index (κ3) is 5.90. The highest BCUT2D eigenvalue weighted by Gasteiger charge is 2.14. The van der Waals surface area contributed by atoms with Crippen molar-refractivity contribution >= 4 is 68.3 Å². The van der Waals surface area contributed by atoms with Gasteiger partial charge in [0, 0.05) is 29.5 Å². The first-order valence-electron chi connectivity index (χ1n) is 11.6. The van der Waals surface area contributed by atoms with Crippen LogP contribution in [0.4, 0.5) is 11.4 Å². The number of rotatable bonds is 8. The number of aryl methyl sites for hydroxylation is 1. The van der Waals surface area contributed by atoms with Gasteiger partial charge in [0.05, 0.1) is 16.0 Å². The summed E-state index contributed by atoms with van der Waals surface area (Å²) in [6, 6.07) is 20.6. The van der Waals surface area contributed by atoms with Gasteiger partial charge >= 0.3 is 0 Å². The van der Waals surface area contributed by atoms with Crippen molar-refractivity contribution < 1.29 is 9.59 Å². The number of nitrogens with one attached hydrogen (secondary N) is 2. The fraction of sp³-hybridized carbons (Fsp3) is 0.148. The third-order valence-electron chi connectivity index (χ3n) is 5.71. The molecule has 0 radical (unpaired) electrons. The maximum atomic E-state index is 12.6. The van der Waals surface area contributed by atoms with Crippen LogP contribution in [-0.2, 0) is 11.8 Å². The average molecular weight is 561 g/mol. The minimum atomic E-state index is -0.162. The lowest BCUT2D eigenvalue weighted by Crippen LogP contribution is -2.14. The zero-order chi connectivity index (χ0) is 26.6. The Balaban J connectivity index is 1.18. The number of anilines is 2. The smallest absolute Gasteiger partial charge is 0.255 e. The number of hydrogen-bond acceptors (Lipinski definition) is 8. The molecule has 5 aromatic rings. The number of thioether (sulfide) groups is 2. The number of carbonyl (C=O) groups is 2. The number of aromatic nitrogens is 4. The molecule has 0 aliphatic rings. The van der Waals surface area contributed by atoms with Crippen LogP contribution in [0.5, 0.6) is 0 Å². The summed E-state index contributed by atoms with van der Waals surface area (Å²) >= 11 is 4.53. The molecule has 0 atom stereocenters. The minimum Gasteiger partial charge on any atom is -0.325 e. The third-order valence-corrected chi connectivity index (χ3v) is 8.73. The van der Waals surface area contributed by atoms with Crippen LogP contribution in [0.2, 0.25) is 0 Å². The van der Waals surface area contributed by atoms with E-state index in [2.05, 4.69) is 25.8 Å². The van der Waals surface area contributed by atoms with Crippen LogP contribution in [-0.4, -0.2) is 43.6 Å². The molecule has 0 bridgehead atoms. The molecule has 0 spiro atoms. The van der Waals surface area contributed by atoms with Gasteiger partial charge in [0.15, 0.2) is 15.3 Å². The van der Waals surface area contributed by atoms with Crippen molar-refractivity contribution in [3.63, 3.8) is 0 Å². The fourth-order valence-electron chi connectivity index (χ4n) is 3.70. The van der Waals surface area contributed by atoms with Gasteiger partial charge in [-0.3, -0.25) is 9.59 Å². The minimum absolute atomic E-state index is 0.123. The second-order valence-electron chi connectivity index (χ2n) is 8.47. The average Bonchev–Trinajstić information content (AvgIpc) is 3.50. The monoisotopic (exact) mass is 560 g/mol. The molecule has 0 fully saturated rings. The molecule has 0 unspecified atom stereocenters. The number of hydrogen-bond donors (Lipinski definition) is 2. The Kier molecular flexibility index (Phi) is 7.77. The molecule has 0 saturated carbocycles. The molecule has 5 rings (SSSR count). The van der Waals surface area contributed by atoms with E-state index in [9.17, 15) is 9.59 Å². The van der Waals surface area contributed by atoms with Crippen molar-refractivity contribution in [1.82, 2.24) is 19.7 Å². The van der Waals surface area contributed by atoms with Crippen molar-refractivity contribution in [2.75, 3.05) is 22.6 Å². The number of nitrogens with zero attached hydrogens (tertiary/aromatic N) is 4. The van der Waals surface area contributed by atoms with Gasteiger partial charge < -0.3 is 15.2 Å².